The van der Waals surface area contributed by atoms with Gasteiger partial charge in [0.1, 0.15) is 23.2 Å². The molecule has 2 aromatic carbocycles. The van der Waals surface area contributed by atoms with E-state index < -0.39 is 18.0 Å². The first-order valence-corrected chi connectivity index (χ1v) is 12.2. The van der Waals surface area contributed by atoms with E-state index >= 15 is 0 Å². The van der Waals surface area contributed by atoms with Gasteiger partial charge in [-0.15, -0.1) is 13.2 Å². The topological polar surface area (TPSA) is 62.8 Å². The maximum atomic E-state index is 14.3. The minimum absolute atomic E-state index is 0.137. The summed E-state index contributed by atoms with van der Waals surface area (Å²) in [6.45, 7) is 0. The van der Waals surface area contributed by atoms with Crippen molar-refractivity contribution in [1.29, 1.82) is 0 Å². The van der Waals surface area contributed by atoms with E-state index in [1.807, 2.05) is 0 Å². The quantitative estimate of drug-likeness (QED) is 0.272. The van der Waals surface area contributed by atoms with Crippen molar-refractivity contribution in [3.05, 3.63) is 60.3 Å². The zero-order valence-corrected chi connectivity index (χ0v) is 19.6. The molecule has 3 saturated carbocycles. The zero-order valence-electron chi connectivity index (χ0n) is 19.6. The molecule has 37 heavy (non-hydrogen) atoms. The molecule has 0 unspecified atom stereocenters. The number of rotatable bonds is 5. The molecule has 5 nitrogen and oxygen atoms in total. The number of alkyl halides is 3. The Morgan fingerprint density at radius 3 is 2.38 bits per heavy atom. The van der Waals surface area contributed by atoms with Crippen LogP contribution in [0.1, 0.15) is 32.1 Å². The molecular formula is C27H23F5N4O. The zero-order chi connectivity index (χ0) is 25.7. The van der Waals surface area contributed by atoms with Gasteiger partial charge in [0.2, 0.25) is 0 Å². The van der Waals surface area contributed by atoms with Crippen molar-refractivity contribution in [2.45, 2.75) is 44.5 Å². The van der Waals surface area contributed by atoms with Crippen molar-refractivity contribution in [2.75, 3.05) is 5.32 Å². The van der Waals surface area contributed by atoms with Gasteiger partial charge in [0.05, 0.1) is 11.2 Å². The Morgan fingerprint density at radius 1 is 0.946 bits per heavy atom. The lowest BCUT2D eigenvalue weighted by Crippen LogP contribution is -2.40. The van der Waals surface area contributed by atoms with E-state index in [1.165, 1.54) is 49.4 Å². The van der Waals surface area contributed by atoms with Crippen LogP contribution in [0.2, 0.25) is 0 Å². The molecule has 3 fully saturated rings. The Hall–Kier alpha value is -3.69. The Balaban J connectivity index is 1.41. The van der Waals surface area contributed by atoms with E-state index in [0.717, 1.165) is 25.3 Å². The van der Waals surface area contributed by atoms with Crippen molar-refractivity contribution in [3.63, 3.8) is 0 Å². The molecule has 10 heteroatoms. The van der Waals surface area contributed by atoms with Gasteiger partial charge in [-0.05, 0) is 61.4 Å². The lowest BCUT2D eigenvalue weighted by atomic mass is 9.68. The highest BCUT2D eigenvalue weighted by atomic mass is 19.4. The van der Waals surface area contributed by atoms with Gasteiger partial charge >= 0.3 is 6.36 Å². The van der Waals surface area contributed by atoms with Crippen LogP contribution < -0.4 is 10.1 Å². The molecule has 2 N–H and O–H groups in total. The SMILES string of the molecule is Fc1cc(F)c2[nH]cc(-c3nc(N[C@@H]4CC5CCC4CC5)cc(-c4ccc(OC(F)(F)F)cc4)n3)c2c1. The number of benzene rings is 2. The fraction of sp³-hybridized carbons (Fsp3) is 0.333. The molecule has 2 heterocycles. The van der Waals surface area contributed by atoms with Crippen molar-refractivity contribution >= 4 is 16.7 Å². The fourth-order valence-corrected chi connectivity index (χ4v) is 5.70. The first-order chi connectivity index (χ1) is 17.7. The number of nitrogens with one attached hydrogen (secondary N) is 2. The molecule has 192 valence electrons. The second-order valence-electron chi connectivity index (χ2n) is 9.81. The number of hydrogen-bond donors (Lipinski definition) is 2. The molecule has 0 saturated heterocycles. The van der Waals surface area contributed by atoms with Crippen LogP contribution in [0.25, 0.3) is 33.5 Å². The standard InChI is InChI=1S/C27H23F5N4O/c28-17-10-19-20(13-33-25(19)21(29)11-17)26-35-23(16-5-7-18(8-6-16)37-27(30,31)32)12-24(36-26)34-22-9-14-1-3-15(22)4-2-14/h5-8,10-15,22,33H,1-4,9H2,(H,34,35,36)/t14?,15?,22-/m1/s1. The number of nitrogens with zero attached hydrogens (tertiary/aromatic N) is 2. The Kier molecular flexibility index (Phi) is 5.77. The smallest absolute Gasteiger partial charge is 0.406 e. The molecule has 0 amide bonds. The average Bonchev–Trinajstić information content (AvgIpc) is 3.28. The van der Waals surface area contributed by atoms with Crippen molar-refractivity contribution in [2.24, 2.45) is 11.8 Å². The van der Waals surface area contributed by atoms with Crippen LogP contribution in [0.5, 0.6) is 5.75 Å². The van der Waals surface area contributed by atoms with E-state index in [-0.39, 0.29) is 23.1 Å². The van der Waals surface area contributed by atoms with E-state index in [2.05, 4.69) is 20.0 Å². The molecule has 1 atom stereocenters. The minimum Gasteiger partial charge on any atom is -0.406 e. The third kappa shape index (κ3) is 4.84. The lowest BCUT2D eigenvalue weighted by Gasteiger charge is -2.42. The third-order valence-corrected chi connectivity index (χ3v) is 7.44. The van der Waals surface area contributed by atoms with Crippen LogP contribution in [-0.2, 0) is 0 Å². The van der Waals surface area contributed by atoms with Crippen molar-refractivity contribution < 1.29 is 26.7 Å². The van der Waals surface area contributed by atoms with Gasteiger partial charge in [-0.2, -0.15) is 0 Å². The summed E-state index contributed by atoms with van der Waals surface area (Å²) in [6, 6.07) is 9.42. The number of halogens is 5. The predicted molar refractivity (Wildman–Crippen MR) is 129 cm³/mol. The molecule has 0 aliphatic heterocycles. The van der Waals surface area contributed by atoms with Crippen molar-refractivity contribution in [3.8, 4) is 28.4 Å². The number of aromatic nitrogens is 3. The monoisotopic (exact) mass is 514 g/mol. The molecular weight excluding hydrogens is 491 g/mol. The maximum absolute atomic E-state index is 14.3. The third-order valence-electron chi connectivity index (χ3n) is 7.44. The number of aromatic amines is 1. The predicted octanol–water partition coefficient (Wildman–Crippen LogP) is 7.46. The summed E-state index contributed by atoms with van der Waals surface area (Å²) < 4.78 is 70.1. The van der Waals surface area contributed by atoms with Gasteiger partial charge in [-0.1, -0.05) is 12.8 Å². The molecule has 0 spiro atoms. The second-order valence-corrected chi connectivity index (χ2v) is 9.81. The van der Waals surface area contributed by atoms with E-state index in [1.54, 1.807) is 6.07 Å². The summed E-state index contributed by atoms with van der Waals surface area (Å²) in [7, 11) is 0. The van der Waals surface area contributed by atoms with E-state index in [9.17, 15) is 22.0 Å². The van der Waals surface area contributed by atoms with Crippen LogP contribution in [0.3, 0.4) is 0 Å². The summed E-state index contributed by atoms with van der Waals surface area (Å²) in [5, 5.41) is 3.85. The molecule has 3 aliphatic rings. The highest BCUT2D eigenvalue weighted by Gasteiger charge is 2.36. The molecule has 3 aliphatic carbocycles. The minimum atomic E-state index is -4.79. The first kappa shape index (κ1) is 23.7. The summed E-state index contributed by atoms with van der Waals surface area (Å²) in [5.41, 5.74) is 1.56. The normalized spacial score (nSPS) is 21.4. The molecule has 0 radical (unpaired) electrons. The van der Waals surface area contributed by atoms with Crippen LogP contribution >= 0.6 is 0 Å². The van der Waals surface area contributed by atoms with Gasteiger partial charge in [0, 0.05) is 40.9 Å². The average molecular weight is 514 g/mol. The lowest BCUT2D eigenvalue weighted by molar-refractivity contribution is -0.274. The van der Waals surface area contributed by atoms with E-state index in [4.69, 9.17) is 4.98 Å². The highest BCUT2D eigenvalue weighted by molar-refractivity contribution is 5.94. The van der Waals surface area contributed by atoms with Gasteiger partial charge in [0.25, 0.3) is 0 Å². The van der Waals surface area contributed by atoms with Crippen molar-refractivity contribution in [1.82, 2.24) is 15.0 Å². The highest BCUT2D eigenvalue weighted by Crippen LogP contribution is 2.42. The van der Waals surface area contributed by atoms with Gasteiger partial charge in [-0.25, -0.2) is 18.7 Å². The molecule has 2 bridgehead atoms. The number of fused-ring (bicyclic) bond motifs is 4. The van der Waals surface area contributed by atoms with Crippen LogP contribution in [0.4, 0.5) is 27.8 Å². The largest absolute Gasteiger partial charge is 0.573 e. The molecule has 7 rings (SSSR count). The summed E-state index contributed by atoms with van der Waals surface area (Å²) >= 11 is 0. The first-order valence-electron chi connectivity index (χ1n) is 12.2. The van der Waals surface area contributed by atoms with Gasteiger partial charge < -0.3 is 15.0 Å². The fourth-order valence-electron chi connectivity index (χ4n) is 5.70. The summed E-state index contributed by atoms with van der Waals surface area (Å²) in [4.78, 5) is 12.1. The second kappa shape index (κ2) is 9.00. The number of H-pyrrole nitrogens is 1. The Labute approximate surface area is 209 Å². The number of anilines is 1. The maximum Gasteiger partial charge on any atom is 0.573 e. The van der Waals surface area contributed by atoms with Crippen LogP contribution in [0, 0.1) is 23.5 Å². The van der Waals surface area contributed by atoms with E-state index in [0.29, 0.717) is 39.9 Å². The number of ether oxygens (including phenoxy) is 1. The van der Waals surface area contributed by atoms with Crippen LogP contribution in [-0.4, -0.2) is 27.4 Å². The van der Waals surface area contributed by atoms with Gasteiger partial charge in [0.15, 0.2) is 5.82 Å². The van der Waals surface area contributed by atoms with Gasteiger partial charge in [-0.3, -0.25) is 0 Å². The summed E-state index contributed by atoms with van der Waals surface area (Å²) in [6.07, 6.45) is 2.58. The van der Waals surface area contributed by atoms with Crippen LogP contribution in [0.15, 0.2) is 48.7 Å². The molecule has 4 aromatic rings. The Morgan fingerprint density at radius 2 is 1.70 bits per heavy atom. The summed E-state index contributed by atoms with van der Waals surface area (Å²) in [5.74, 6) is 0.232. The Bertz CT molecular complexity index is 1440. The molecule has 2 aromatic heterocycles. The number of hydrogen-bond acceptors (Lipinski definition) is 4.